The van der Waals surface area contributed by atoms with Gasteiger partial charge in [-0.2, -0.15) is 5.10 Å². The first-order valence-electron chi connectivity index (χ1n) is 7.96. The van der Waals surface area contributed by atoms with E-state index < -0.39 is 6.03 Å². The second kappa shape index (κ2) is 6.71. The number of allylic oxidation sites excluding steroid dienone is 4. The van der Waals surface area contributed by atoms with Gasteiger partial charge in [-0.1, -0.05) is 0 Å². The van der Waals surface area contributed by atoms with E-state index in [-0.39, 0.29) is 5.88 Å². The van der Waals surface area contributed by atoms with Gasteiger partial charge in [-0.25, -0.2) is 9.79 Å². The Morgan fingerprint density at radius 3 is 2.68 bits per heavy atom. The Balaban J connectivity index is 1.97. The van der Waals surface area contributed by atoms with Gasteiger partial charge in [-0.3, -0.25) is 4.68 Å². The average Bonchev–Trinajstić information content (AvgIpc) is 3.21. The molecule has 2 amide bonds. The number of aliphatic hydroxyl groups is 1. The lowest BCUT2D eigenvalue weighted by Gasteiger charge is -2.20. The number of aryl methyl sites for hydroxylation is 1. The third-order valence-corrected chi connectivity index (χ3v) is 4.12. The first-order valence-corrected chi connectivity index (χ1v) is 7.96. The second-order valence-electron chi connectivity index (χ2n) is 5.89. The van der Waals surface area contributed by atoms with Crippen LogP contribution in [-0.4, -0.2) is 44.6 Å². The fourth-order valence-electron chi connectivity index (χ4n) is 2.77. The van der Waals surface area contributed by atoms with E-state index in [2.05, 4.69) is 15.4 Å². The van der Waals surface area contributed by atoms with E-state index in [1.54, 1.807) is 25.3 Å². The number of nitrogen functional groups attached to an aromatic ring is 1. The third-order valence-electron chi connectivity index (χ3n) is 4.12. The highest BCUT2D eigenvalue weighted by Crippen LogP contribution is 2.25. The molecule has 0 bridgehead atoms. The summed E-state index contributed by atoms with van der Waals surface area (Å²) < 4.78 is 1.50. The van der Waals surface area contributed by atoms with Gasteiger partial charge in [-0.05, 0) is 31.1 Å². The van der Waals surface area contributed by atoms with Crippen molar-refractivity contribution >= 4 is 23.2 Å². The third kappa shape index (κ3) is 3.49. The van der Waals surface area contributed by atoms with Crippen molar-refractivity contribution in [1.29, 1.82) is 0 Å². The van der Waals surface area contributed by atoms with Gasteiger partial charge in [0.15, 0.2) is 5.88 Å². The summed E-state index contributed by atoms with van der Waals surface area (Å²) in [6, 6.07) is -0.714. The largest absolute Gasteiger partial charge is 0.494 e. The van der Waals surface area contributed by atoms with E-state index in [1.165, 1.54) is 10.9 Å². The minimum Gasteiger partial charge on any atom is -0.494 e. The van der Waals surface area contributed by atoms with Crippen LogP contribution in [0.5, 0.6) is 0 Å². The van der Waals surface area contributed by atoms with Gasteiger partial charge in [0.1, 0.15) is 11.5 Å². The van der Waals surface area contributed by atoms with Gasteiger partial charge in [-0.15, -0.1) is 0 Å². The van der Waals surface area contributed by atoms with Crippen LogP contribution in [0.2, 0.25) is 0 Å². The van der Waals surface area contributed by atoms with Crippen LogP contribution in [0.1, 0.15) is 12.8 Å². The van der Waals surface area contributed by atoms with Crippen molar-refractivity contribution in [2.24, 2.45) is 17.8 Å². The Kier molecular flexibility index (Phi) is 4.46. The summed E-state index contributed by atoms with van der Waals surface area (Å²) in [6.07, 6.45) is 8.70. The van der Waals surface area contributed by atoms with Crippen LogP contribution in [-0.2, 0) is 7.05 Å². The van der Waals surface area contributed by atoms with Crippen molar-refractivity contribution < 1.29 is 9.90 Å². The molecular formula is C16H21N7O2. The number of nitrogens with one attached hydrogen (secondary N) is 1. The normalized spacial score (nSPS) is 20.8. The minimum atomic E-state index is -0.714. The highest BCUT2D eigenvalue weighted by atomic mass is 16.3. The van der Waals surface area contributed by atoms with Crippen molar-refractivity contribution in [2.45, 2.75) is 12.8 Å². The van der Waals surface area contributed by atoms with Crippen molar-refractivity contribution in [1.82, 2.24) is 20.0 Å². The summed E-state index contributed by atoms with van der Waals surface area (Å²) in [6.45, 7) is 1.62. The predicted molar refractivity (Wildman–Crippen MR) is 95.1 cm³/mol. The van der Waals surface area contributed by atoms with Gasteiger partial charge in [0.2, 0.25) is 0 Å². The molecule has 2 aliphatic rings. The average molecular weight is 343 g/mol. The molecule has 2 heterocycles. The van der Waals surface area contributed by atoms with Crippen LogP contribution < -0.4 is 16.8 Å². The zero-order valence-corrected chi connectivity index (χ0v) is 13.9. The van der Waals surface area contributed by atoms with Crippen LogP contribution in [0.15, 0.2) is 46.6 Å². The molecule has 1 saturated heterocycles. The van der Waals surface area contributed by atoms with E-state index in [1.807, 2.05) is 4.90 Å². The molecule has 0 aromatic carbocycles. The number of carbonyl (C=O) groups excluding carboxylic acids is 1. The molecule has 6 N–H and O–H groups in total. The smallest absolute Gasteiger partial charge is 0.316 e. The molecule has 25 heavy (non-hydrogen) atoms. The van der Waals surface area contributed by atoms with Gasteiger partial charge >= 0.3 is 6.03 Å². The van der Waals surface area contributed by atoms with Crippen molar-refractivity contribution in [3.63, 3.8) is 0 Å². The highest BCUT2D eigenvalue weighted by molar-refractivity contribution is 6.13. The van der Waals surface area contributed by atoms with Crippen LogP contribution in [0.3, 0.4) is 0 Å². The molecule has 9 heteroatoms. The minimum absolute atomic E-state index is 0.178. The summed E-state index contributed by atoms with van der Waals surface area (Å²) in [5, 5.41) is 17.0. The number of hydrogen-bond donors (Lipinski definition) is 4. The van der Waals surface area contributed by atoms with Gasteiger partial charge in [0, 0.05) is 25.7 Å². The fraction of sp³-hybridized carbons (Fsp3) is 0.312. The Hall–Kier alpha value is -3.23. The van der Waals surface area contributed by atoms with Gasteiger partial charge < -0.3 is 26.8 Å². The number of primary amides is 1. The van der Waals surface area contributed by atoms with Crippen LogP contribution in [0.4, 0.5) is 16.3 Å². The molecule has 132 valence electrons. The van der Waals surface area contributed by atoms with Gasteiger partial charge in [0.25, 0.3) is 0 Å². The maximum absolute atomic E-state index is 11.3. The summed E-state index contributed by atoms with van der Waals surface area (Å²) in [5.41, 5.74) is 13.1. The van der Waals surface area contributed by atoms with Crippen molar-refractivity contribution in [3.8, 4) is 0 Å². The maximum Gasteiger partial charge on any atom is 0.316 e. The number of rotatable bonds is 3. The van der Waals surface area contributed by atoms with E-state index in [4.69, 9.17) is 11.5 Å². The number of nitrogens with zero attached hydrogens (tertiary/aromatic N) is 4. The van der Waals surface area contributed by atoms with Gasteiger partial charge in [0.05, 0.1) is 17.6 Å². The monoisotopic (exact) mass is 343 g/mol. The molecular weight excluding hydrogens is 322 g/mol. The topological polar surface area (TPSA) is 135 Å². The molecule has 0 saturated carbocycles. The molecule has 3 rings (SSSR count). The zero-order valence-electron chi connectivity index (χ0n) is 13.9. The Morgan fingerprint density at radius 1 is 1.36 bits per heavy atom. The summed E-state index contributed by atoms with van der Waals surface area (Å²) in [5.74, 6) is 0.582. The van der Waals surface area contributed by atoms with E-state index >= 15 is 0 Å². The zero-order chi connectivity index (χ0) is 18.0. The standard InChI is InChI=1S/C16H21N7O2/c1-22-14(17)13(9-19-22)20-11-5-4-10(8-12(11)21-16(18)25)15(24)23-6-2-3-7-23/h4-5,8-9,24H,2-3,6-7,17H2,1H3,(H3,18,21,25). The summed E-state index contributed by atoms with van der Waals surface area (Å²) in [4.78, 5) is 17.7. The SMILES string of the molecule is Cn1ncc(N=C2C=CC(=C(O)N3CCCC3)C=C2NC(N)=O)c1N. The molecule has 1 aromatic rings. The number of likely N-dealkylation sites (tertiary alicyclic amines) is 1. The number of aliphatic hydroxyl groups excluding tert-OH is 1. The molecule has 1 aromatic heterocycles. The number of nitrogens with two attached hydrogens (primary N) is 2. The van der Waals surface area contributed by atoms with Crippen LogP contribution >= 0.6 is 0 Å². The number of anilines is 1. The molecule has 0 radical (unpaired) electrons. The molecule has 9 nitrogen and oxygen atoms in total. The molecule has 1 fully saturated rings. The first-order chi connectivity index (χ1) is 12.0. The number of aromatic nitrogens is 2. The first kappa shape index (κ1) is 16.6. The number of hydrogen-bond acceptors (Lipinski definition) is 6. The Morgan fingerprint density at radius 2 is 2.08 bits per heavy atom. The van der Waals surface area contributed by atoms with Crippen molar-refractivity contribution in [3.05, 3.63) is 41.6 Å². The Labute approximate surface area is 145 Å². The molecule has 0 spiro atoms. The molecule has 1 aliphatic carbocycles. The molecule has 1 aliphatic heterocycles. The van der Waals surface area contributed by atoms with Crippen LogP contribution in [0, 0.1) is 0 Å². The summed E-state index contributed by atoms with van der Waals surface area (Å²) in [7, 11) is 1.71. The van der Waals surface area contributed by atoms with Crippen molar-refractivity contribution in [2.75, 3.05) is 18.8 Å². The second-order valence-corrected chi connectivity index (χ2v) is 5.89. The maximum atomic E-state index is 11.3. The molecule has 0 unspecified atom stereocenters. The predicted octanol–water partition coefficient (Wildman–Crippen LogP) is 1.06. The fourth-order valence-corrected chi connectivity index (χ4v) is 2.77. The van der Waals surface area contributed by atoms with E-state index in [9.17, 15) is 9.90 Å². The van der Waals surface area contributed by atoms with E-state index in [0.717, 1.165) is 25.9 Å². The number of carbonyl (C=O) groups is 1. The number of urea groups is 1. The highest BCUT2D eigenvalue weighted by Gasteiger charge is 2.20. The lowest BCUT2D eigenvalue weighted by atomic mass is 10.0. The molecule has 0 atom stereocenters. The van der Waals surface area contributed by atoms with E-state index in [0.29, 0.717) is 28.5 Å². The van der Waals surface area contributed by atoms with Crippen LogP contribution in [0.25, 0.3) is 0 Å². The quantitative estimate of drug-likeness (QED) is 0.609. The lowest BCUT2D eigenvalue weighted by Crippen LogP contribution is -2.32. The Bertz CT molecular complexity index is 810. The lowest BCUT2D eigenvalue weighted by molar-refractivity contribution is 0.230. The summed E-state index contributed by atoms with van der Waals surface area (Å²) >= 11 is 0. The number of aliphatic imine (C=N–C) groups is 1. The number of amides is 2.